The zero-order chi connectivity index (χ0) is 15.6. The summed E-state index contributed by atoms with van der Waals surface area (Å²) in [6, 6.07) is 6.10. The van der Waals surface area contributed by atoms with Gasteiger partial charge in [0.15, 0.2) is 0 Å². The van der Waals surface area contributed by atoms with Crippen molar-refractivity contribution in [1.29, 1.82) is 0 Å². The molecule has 1 aromatic rings. The number of carboxylic acids is 1. The van der Waals surface area contributed by atoms with Crippen molar-refractivity contribution >= 4 is 27.8 Å². The number of aromatic carboxylic acids is 1. The second-order valence-electron chi connectivity index (χ2n) is 5.34. The Kier molecular flexibility index (Phi) is 4.95. The fourth-order valence-corrected chi connectivity index (χ4v) is 5.65. The molecule has 116 valence electrons. The summed E-state index contributed by atoms with van der Waals surface area (Å²) in [5.41, 5.74) is 0.618. The molecule has 1 saturated heterocycles. The van der Waals surface area contributed by atoms with Crippen LogP contribution in [0.2, 0.25) is 0 Å². The Bertz CT molecular complexity index is 620. The second-order valence-corrected chi connectivity index (χ2v) is 9.19. The van der Waals surface area contributed by atoms with E-state index in [1.54, 1.807) is 23.9 Å². The predicted molar refractivity (Wildman–Crippen MR) is 84.1 cm³/mol. The first-order valence-corrected chi connectivity index (χ1v) is 9.28. The normalized spacial score (nSPS) is 23.9. The Morgan fingerprint density at radius 1 is 1.33 bits per heavy atom. The predicted octanol–water partition coefficient (Wildman–Crippen LogP) is 2.04. The van der Waals surface area contributed by atoms with Crippen molar-refractivity contribution in [3.63, 3.8) is 0 Å². The third-order valence-corrected chi connectivity index (χ3v) is 6.31. The van der Waals surface area contributed by atoms with Gasteiger partial charge in [-0.05, 0) is 17.7 Å². The molecule has 1 aromatic carbocycles. The maximum atomic E-state index is 12.5. The molecule has 1 aliphatic heterocycles. The van der Waals surface area contributed by atoms with Crippen molar-refractivity contribution in [2.75, 3.05) is 13.1 Å². The van der Waals surface area contributed by atoms with E-state index < -0.39 is 16.0 Å². The van der Waals surface area contributed by atoms with Gasteiger partial charge in [-0.1, -0.05) is 26.0 Å². The highest BCUT2D eigenvalue weighted by atomic mass is 32.2. The Hall–Kier alpha value is -1.05. The van der Waals surface area contributed by atoms with Gasteiger partial charge in [-0.15, -0.1) is 0 Å². The molecule has 2 atom stereocenters. The van der Waals surface area contributed by atoms with Crippen molar-refractivity contribution < 1.29 is 18.3 Å². The number of nitrogens with zero attached hydrogens (tertiary/aromatic N) is 1. The van der Waals surface area contributed by atoms with Crippen LogP contribution in [0.25, 0.3) is 0 Å². The smallest absolute Gasteiger partial charge is 0.335 e. The minimum Gasteiger partial charge on any atom is -0.478 e. The molecule has 0 amide bonds. The van der Waals surface area contributed by atoms with Gasteiger partial charge in [0.1, 0.15) is 0 Å². The lowest BCUT2D eigenvalue weighted by Gasteiger charge is -2.33. The van der Waals surface area contributed by atoms with Gasteiger partial charge in [0.25, 0.3) is 0 Å². The van der Waals surface area contributed by atoms with Crippen molar-refractivity contribution in [2.24, 2.45) is 0 Å². The van der Waals surface area contributed by atoms with Gasteiger partial charge >= 0.3 is 5.97 Å². The van der Waals surface area contributed by atoms with Gasteiger partial charge < -0.3 is 5.11 Å². The number of sulfonamides is 1. The van der Waals surface area contributed by atoms with Crippen LogP contribution >= 0.6 is 11.8 Å². The number of benzene rings is 1. The number of carbonyl (C=O) groups is 1. The molecule has 0 spiro atoms. The molecule has 1 aliphatic rings. The summed E-state index contributed by atoms with van der Waals surface area (Å²) >= 11 is 1.79. The van der Waals surface area contributed by atoms with E-state index in [4.69, 9.17) is 5.11 Å². The maximum Gasteiger partial charge on any atom is 0.335 e. The Morgan fingerprint density at radius 3 is 2.52 bits per heavy atom. The van der Waals surface area contributed by atoms with Crippen LogP contribution < -0.4 is 0 Å². The molecule has 0 aromatic heterocycles. The van der Waals surface area contributed by atoms with Gasteiger partial charge in [0.2, 0.25) is 10.0 Å². The van der Waals surface area contributed by atoms with E-state index in [0.717, 1.165) is 0 Å². The van der Waals surface area contributed by atoms with Gasteiger partial charge in [0, 0.05) is 23.6 Å². The lowest BCUT2D eigenvalue weighted by atomic mass is 10.1. The van der Waals surface area contributed by atoms with Crippen LogP contribution in [-0.2, 0) is 15.8 Å². The highest BCUT2D eigenvalue weighted by Crippen LogP contribution is 2.27. The monoisotopic (exact) mass is 329 g/mol. The first kappa shape index (κ1) is 16.3. The van der Waals surface area contributed by atoms with Crippen LogP contribution in [0.3, 0.4) is 0 Å². The van der Waals surface area contributed by atoms with Crippen LogP contribution in [0.1, 0.15) is 29.8 Å². The standard InChI is InChI=1S/C14H19NO4S2/c1-10-7-15(8-11(2)20-10)21(18,19)9-12-4-3-5-13(6-12)14(16)17/h3-6,10-11H,7-9H2,1-2H3,(H,16,17). The summed E-state index contributed by atoms with van der Waals surface area (Å²) in [5, 5.41) is 9.51. The highest BCUT2D eigenvalue weighted by molar-refractivity contribution is 8.00. The zero-order valence-electron chi connectivity index (χ0n) is 12.0. The Morgan fingerprint density at radius 2 is 1.95 bits per heavy atom. The average molecular weight is 329 g/mol. The van der Waals surface area contributed by atoms with Crippen LogP contribution in [0.15, 0.2) is 24.3 Å². The number of hydrogen-bond donors (Lipinski definition) is 1. The molecule has 7 heteroatoms. The Balaban J connectivity index is 2.17. The molecule has 1 heterocycles. The van der Waals surface area contributed by atoms with E-state index >= 15 is 0 Å². The molecular formula is C14H19NO4S2. The minimum atomic E-state index is -3.42. The molecule has 0 aliphatic carbocycles. The summed E-state index contributed by atoms with van der Waals surface area (Å²) in [5.74, 6) is -1.20. The van der Waals surface area contributed by atoms with Crippen molar-refractivity contribution in [2.45, 2.75) is 30.1 Å². The second kappa shape index (κ2) is 6.37. The van der Waals surface area contributed by atoms with Gasteiger partial charge in [-0.2, -0.15) is 16.1 Å². The molecule has 1 N–H and O–H groups in total. The number of rotatable bonds is 4. The van der Waals surface area contributed by atoms with E-state index in [2.05, 4.69) is 0 Å². The van der Waals surface area contributed by atoms with E-state index in [0.29, 0.717) is 18.7 Å². The fourth-order valence-electron chi connectivity index (χ4n) is 2.45. The lowest BCUT2D eigenvalue weighted by Crippen LogP contribution is -2.44. The summed E-state index contributed by atoms with van der Waals surface area (Å²) in [6.07, 6.45) is 0. The quantitative estimate of drug-likeness (QED) is 0.915. The van der Waals surface area contributed by atoms with Gasteiger partial charge in [-0.25, -0.2) is 13.2 Å². The first-order chi connectivity index (χ1) is 9.78. The number of hydrogen-bond acceptors (Lipinski definition) is 4. The van der Waals surface area contributed by atoms with Crippen molar-refractivity contribution in [3.05, 3.63) is 35.4 Å². The average Bonchev–Trinajstić information content (AvgIpc) is 2.37. The van der Waals surface area contributed by atoms with E-state index in [1.807, 2.05) is 13.8 Å². The molecule has 2 unspecified atom stereocenters. The van der Waals surface area contributed by atoms with Gasteiger partial charge in [0.05, 0.1) is 11.3 Å². The van der Waals surface area contributed by atoms with Crippen molar-refractivity contribution in [3.8, 4) is 0 Å². The van der Waals surface area contributed by atoms with Gasteiger partial charge in [-0.3, -0.25) is 0 Å². The molecule has 0 bridgehead atoms. The summed E-state index contributed by atoms with van der Waals surface area (Å²) in [7, 11) is -3.42. The highest BCUT2D eigenvalue weighted by Gasteiger charge is 2.30. The summed E-state index contributed by atoms with van der Waals surface area (Å²) < 4.78 is 26.5. The molecule has 0 saturated carbocycles. The first-order valence-electron chi connectivity index (χ1n) is 6.73. The maximum absolute atomic E-state index is 12.5. The van der Waals surface area contributed by atoms with Crippen molar-refractivity contribution in [1.82, 2.24) is 4.31 Å². The molecule has 0 radical (unpaired) electrons. The number of thioether (sulfide) groups is 1. The lowest BCUT2D eigenvalue weighted by molar-refractivity contribution is 0.0696. The molecule has 1 fully saturated rings. The van der Waals surface area contributed by atoms with Crippen LogP contribution in [0.5, 0.6) is 0 Å². The molecule has 2 rings (SSSR count). The fraction of sp³-hybridized carbons (Fsp3) is 0.500. The third-order valence-electron chi connectivity index (χ3n) is 3.30. The molecular weight excluding hydrogens is 310 g/mol. The van der Waals surface area contributed by atoms with E-state index in [-0.39, 0.29) is 21.8 Å². The summed E-state index contributed by atoms with van der Waals surface area (Å²) in [4.78, 5) is 10.9. The molecule has 21 heavy (non-hydrogen) atoms. The minimum absolute atomic E-state index is 0.110. The van der Waals surface area contributed by atoms with E-state index in [9.17, 15) is 13.2 Å². The van der Waals surface area contributed by atoms with Crippen LogP contribution in [-0.4, -0.2) is 47.4 Å². The Labute approximate surface area is 129 Å². The summed E-state index contributed by atoms with van der Waals surface area (Å²) in [6.45, 7) is 5.06. The topological polar surface area (TPSA) is 74.7 Å². The van der Waals surface area contributed by atoms with Crippen LogP contribution in [0, 0.1) is 0 Å². The zero-order valence-corrected chi connectivity index (χ0v) is 13.7. The number of carboxylic acid groups (broad SMARTS) is 1. The largest absolute Gasteiger partial charge is 0.478 e. The van der Waals surface area contributed by atoms with Crippen LogP contribution in [0.4, 0.5) is 0 Å². The van der Waals surface area contributed by atoms with E-state index in [1.165, 1.54) is 16.4 Å². The third kappa shape index (κ3) is 4.21. The SMILES string of the molecule is CC1CN(S(=O)(=O)Cc2cccc(C(=O)O)c2)CC(C)S1. The molecule has 5 nitrogen and oxygen atoms in total.